The third kappa shape index (κ3) is 1.52. The molecule has 4 nitrogen and oxygen atoms in total. The number of piperazine rings is 1. The Balaban J connectivity index is 1.89. The first kappa shape index (κ1) is 10.8. The average molecular weight is 250 g/mol. The fourth-order valence-corrected chi connectivity index (χ4v) is 3.35. The zero-order chi connectivity index (χ0) is 12.8. The number of nitriles is 1. The van der Waals surface area contributed by atoms with Gasteiger partial charge >= 0.3 is 0 Å². The fourth-order valence-electron chi connectivity index (χ4n) is 3.35. The Morgan fingerprint density at radius 1 is 1.37 bits per heavy atom. The SMILES string of the molecule is N#Cc1ccc(N2C[C@H]3C[C@@H]2CN3)c2cccnc12. The minimum absolute atomic E-state index is 0.585. The highest BCUT2D eigenvalue weighted by Crippen LogP contribution is 2.34. The van der Waals surface area contributed by atoms with E-state index in [4.69, 9.17) is 0 Å². The van der Waals surface area contributed by atoms with Crippen molar-refractivity contribution in [1.29, 1.82) is 5.26 Å². The second-order valence-electron chi connectivity index (χ2n) is 5.29. The van der Waals surface area contributed by atoms with Gasteiger partial charge in [-0.15, -0.1) is 0 Å². The van der Waals surface area contributed by atoms with E-state index in [2.05, 4.69) is 33.4 Å². The Hall–Kier alpha value is -2.12. The van der Waals surface area contributed by atoms with Crippen LogP contribution in [0, 0.1) is 11.3 Å². The molecule has 2 saturated heterocycles. The number of anilines is 1. The van der Waals surface area contributed by atoms with E-state index in [0.717, 1.165) is 24.0 Å². The van der Waals surface area contributed by atoms with Gasteiger partial charge in [0.05, 0.1) is 11.1 Å². The summed E-state index contributed by atoms with van der Waals surface area (Å²) in [6.45, 7) is 2.12. The summed E-state index contributed by atoms with van der Waals surface area (Å²) >= 11 is 0. The fraction of sp³-hybridized carbons (Fsp3) is 0.333. The number of rotatable bonds is 1. The molecule has 3 heterocycles. The maximum Gasteiger partial charge on any atom is 0.101 e. The Kier molecular flexibility index (Phi) is 2.23. The van der Waals surface area contributed by atoms with Gasteiger partial charge in [-0.1, -0.05) is 0 Å². The first-order valence-corrected chi connectivity index (χ1v) is 6.64. The highest BCUT2D eigenvalue weighted by molar-refractivity contribution is 5.95. The summed E-state index contributed by atoms with van der Waals surface area (Å²) in [6, 6.07) is 11.4. The number of hydrogen-bond acceptors (Lipinski definition) is 4. The zero-order valence-corrected chi connectivity index (χ0v) is 10.5. The van der Waals surface area contributed by atoms with Gasteiger partial charge in [-0.05, 0) is 30.7 Å². The molecular weight excluding hydrogens is 236 g/mol. The molecule has 94 valence electrons. The number of nitrogens with zero attached hydrogens (tertiary/aromatic N) is 3. The van der Waals surface area contributed by atoms with E-state index in [1.54, 1.807) is 6.20 Å². The monoisotopic (exact) mass is 250 g/mol. The predicted octanol–water partition coefficient (Wildman–Crippen LogP) is 1.66. The lowest BCUT2D eigenvalue weighted by molar-refractivity contribution is 0.581. The maximum absolute atomic E-state index is 9.18. The minimum Gasteiger partial charge on any atom is -0.365 e. The molecule has 0 radical (unpaired) electrons. The van der Waals surface area contributed by atoms with Gasteiger partial charge in [-0.25, -0.2) is 0 Å². The quantitative estimate of drug-likeness (QED) is 0.836. The van der Waals surface area contributed by atoms with E-state index in [1.165, 1.54) is 12.1 Å². The molecule has 1 aromatic carbocycles. The van der Waals surface area contributed by atoms with Gasteiger partial charge in [-0.3, -0.25) is 4.98 Å². The maximum atomic E-state index is 9.18. The molecular formula is C15H14N4. The van der Waals surface area contributed by atoms with Crippen molar-refractivity contribution in [2.45, 2.75) is 18.5 Å². The van der Waals surface area contributed by atoms with Crippen molar-refractivity contribution >= 4 is 16.6 Å². The molecule has 2 fully saturated rings. The summed E-state index contributed by atoms with van der Waals surface area (Å²) in [5.41, 5.74) is 2.69. The first-order valence-electron chi connectivity index (χ1n) is 6.64. The molecule has 1 aromatic heterocycles. The number of fused-ring (bicyclic) bond motifs is 3. The van der Waals surface area contributed by atoms with Gasteiger partial charge < -0.3 is 10.2 Å². The molecule has 4 heteroatoms. The van der Waals surface area contributed by atoms with Crippen LogP contribution in [0.5, 0.6) is 0 Å². The predicted molar refractivity (Wildman–Crippen MR) is 74.0 cm³/mol. The summed E-state index contributed by atoms with van der Waals surface area (Å²) in [4.78, 5) is 6.85. The Labute approximate surface area is 111 Å². The Bertz CT molecular complexity index is 688. The van der Waals surface area contributed by atoms with Crippen molar-refractivity contribution in [1.82, 2.24) is 10.3 Å². The third-order valence-corrected chi connectivity index (χ3v) is 4.23. The van der Waals surface area contributed by atoms with Crippen LogP contribution in [0.1, 0.15) is 12.0 Å². The van der Waals surface area contributed by atoms with Gasteiger partial charge in [0.15, 0.2) is 0 Å². The van der Waals surface area contributed by atoms with Crippen molar-refractivity contribution in [3.63, 3.8) is 0 Å². The van der Waals surface area contributed by atoms with E-state index in [0.29, 0.717) is 17.6 Å². The van der Waals surface area contributed by atoms with Crippen LogP contribution in [-0.2, 0) is 0 Å². The molecule has 2 aliphatic rings. The second kappa shape index (κ2) is 3.94. The topological polar surface area (TPSA) is 52.0 Å². The summed E-state index contributed by atoms with van der Waals surface area (Å²) in [5.74, 6) is 0. The van der Waals surface area contributed by atoms with Crippen molar-refractivity contribution in [3.8, 4) is 6.07 Å². The number of pyridine rings is 1. The lowest BCUT2D eigenvalue weighted by Crippen LogP contribution is -2.43. The molecule has 0 unspecified atom stereocenters. The van der Waals surface area contributed by atoms with Crippen molar-refractivity contribution in [2.75, 3.05) is 18.0 Å². The van der Waals surface area contributed by atoms with Gasteiger partial charge in [0.25, 0.3) is 0 Å². The Morgan fingerprint density at radius 2 is 2.32 bits per heavy atom. The van der Waals surface area contributed by atoms with Crippen LogP contribution in [0.3, 0.4) is 0 Å². The van der Waals surface area contributed by atoms with Crippen LogP contribution in [0.25, 0.3) is 10.9 Å². The minimum atomic E-state index is 0.585. The lowest BCUT2D eigenvalue weighted by Gasteiger charge is -2.30. The molecule has 4 rings (SSSR count). The van der Waals surface area contributed by atoms with Crippen LogP contribution in [-0.4, -0.2) is 30.2 Å². The number of benzene rings is 1. The molecule has 0 spiro atoms. The lowest BCUT2D eigenvalue weighted by atomic mass is 10.1. The molecule has 2 atom stereocenters. The number of nitrogens with one attached hydrogen (secondary N) is 1. The van der Waals surface area contributed by atoms with Crippen LogP contribution in [0.4, 0.5) is 5.69 Å². The molecule has 0 aliphatic carbocycles. The van der Waals surface area contributed by atoms with Gasteiger partial charge in [0.2, 0.25) is 0 Å². The summed E-state index contributed by atoms with van der Waals surface area (Å²) in [6.07, 6.45) is 2.98. The van der Waals surface area contributed by atoms with Crippen LogP contribution in [0.15, 0.2) is 30.5 Å². The molecule has 2 aliphatic heterocycles. The third-order valence-electron chi connectivity index (χ3n) is 4.23. The largest absolute Gasteiger partial charge is 0.365 e. The van der Waals surface area contributed by atoms with Crippen LogP contribution in [0.2, 0.25) is 0 Å². The average Bonchev–Trinajstić information content (AvgIpc) is 3.08. The van der Waals surface area contributed by atoms with Gasteiger partial charge in [0, 0.05) is 42.4 Å². The molecule has 2 bridgehead atoms. The second-order valence-corrected chi connectivity index (χ2v) is 5.29. The molecule has 19 heavy (non-hydrogen) atoms. The van der Waals surface area contributed by atoms with E-state index in [9.17, 15) is 5.26 Å². The zero-order valence-electron chi connectivity index (χ0n) is 10.5. The van der Waals surface area contributed by atoms with E-state index >= 15 is 0 Å². The highest BCUT2D eigenvalue weighted by Gasteiger charge is 2.38. The normalized spacial score (nSPS) is 24.9. The Morgan fingerprint density at radius 3 is 3.05 bits per heavy atom. The standard InChI is InChI=1S/C15H14N4/c16-7-10-3-4-14(13-2-1-5-17-15(10)13)19-9-11-6-12(19)8-18-11/h1-5,11-12,18H,6,8-9H2/t11-,12-/m1/s1. The molecule has 1 N–H and O–H groups in total. The highest BCUT2D eigenvalue weighted by atomic mass is 15.3. The first-order chi connectivity index (χ1) is 9.36. The molecule has 0 saturated carbocycles. The van der Waals surface area contributed by atoms with Crippen LogP contribution < -0.4 is 10.2 Å². The van der Waals surface area contributed by atoms with Gasteiger partial charge in [-0.2, -0.15) is 5.26 Å². The van der Waals surface area contributed by atoms with Crippen molar-refractivity contribution in [3.05, 3.63) is 36.0 Å². The summed E-state index contributed by atoms with van der Waals surface area (Å²) in [7, 11) is 0. The smallest absolute Gasteiger partial charge is 0.101 e. The van der Waals surface area contributed by atoms with E-state index in [1.807, 2.05) is 12.1 Å². The summed E-state index contributed by atoms with van der Waals surface area (Å²) < 4.78 is 0. The van der Waals surface area contributed by atoms with E-state index in [-0.39, 0.29) is 0 Å². The van der Waals surface area contributed by atoms with Crippen LogP contribution >= 0.6 is 0 Å². The van der Waals surface area contributed by atoms with Gasteiger partial charge in [0.1, 0.15) is 6.07 Å². The molecule has 2 aromatic rings. The van der Waals surface area contributed by atoms with Crippen molar-refractivity contribution in [2.24, 2.45) is 0 Å². The summed E-state index contributed by atoms with van der Waals surface area (Å²) in [5, 5.41) is 13.8. The number of hydrogen-bond donors (Lipinski definition) is 1. The van der Waals surface area contributed by atoms with E-state index < -0.39 is 0 Å². The van der Waals surface area contributed by atoms with Crippen molar-refractivity contribution < 1.29 is 0 Å². The molecule has 0 amide bonds. The number of aromatic nitrogens is 1.